The first kappa shape index (κ1) is 18.3. The lowest BCUT2D eigenvalue weighted by molar-refractivity contribution is -0.120. The predicted molar refractivity (Wildman–Crippen MR) is 112 cm³/mol. The standard InChI is InChI=1S/C21H22N8O/c30-21(24-18-5-2-1-4-17(18)14-28-11-3-10-23-28)16-8-12-27(13-9-16)20-7-6-19-25-22-15-29(19)26-20/h1-7,10-11,15-16H,8-9,12-14H2,(H,24,30). The largest absolute Gasteiger partial charge is 0.355 e. The van der Waals surface area contributed by atoms with Gasteiger partial charge in [-0.05, 0) is 42.7 Å². The van der Waals surface area contributed by atoms with E-state index in [1.165, 1.54) is 0 Å². The summed E-state index contributed by atoms with van der Waals surface area (Å²) in [6, 6.07) is 13.6. The van der Waals surface area contributed by atoms with Crippen molar-refractivity contribution in [2.75, 3.05) is 23.3 Å². The van der Waals surface area contributed by atoms with Gasteiger partial charge in [0.1, 0.15) is 12.1 Å². The quantitative estimate of drug-likeness (QED) is 0.550. The Hall–Kier alpha value is -3.75. The smallest absolute Gasteiger partial charge is 0.227 e. The summed E-state index contributed by atoms with van der Waals surface area (Å²) in [5.41, 5.74) is 2.61. The van der Waals surface area contributed by atoms with Crippen LogP contribution in [0, 0.1) is 5.92 Å². The SMILES string of the molecule is O=C(Nc1ccccc1Cn1cccn1)C1CCN(c2ccc3nncn3n2)CC1. The minimum absolute atomic E-state index is 0.0161. The molecule has 1 saturated heterocycles. The summed E-state index contributed by atoms with van der Waals surface area (Å²) < 4.78 is 3.52. The lowest BCUT2D eigenvalue weighted by Crippen LogP contribution is -2.38. The van der Waals surface area contributed by atoms with Crippen LogP contribution in [0.2, 0.25) is 0 Å². The Kier molecular flexibility index (Phi) is 4.84. The molecule has 1 aromatic carbocycles. The van der Waals surface area contributed by atoms with E-state index < -0.39 is 0 Å². The molecule has 0 spiro atoms. The van der Waals surface area contributed by atoms with Crippen LogP contribution in [0.15, 0.2) is 61.2 Å². The topological polar surface area (TPSA) is 93.2 Å². The third-order valence-corrected chi connectivity index (χ3v) is 5.50. The number of hydrogen-bond acceptors (Lipinski definition) is 6. The second-order valence-electron chi connectivity index (χ2n) is 7.44. The predicted octanol–water partition coefficient (Wildman–Crippen LogP) is 2.22. The molecule has 152 valence electrons. The minimum Gasteiger partial charge on any atom is -0.355 e. The molecule has 30 heavy (non-hydrogen) atoms. The zero-order chi connectivity index (χ0) is 20.3. The molecule has 4 heterocycles. The highest BCUT2D eigenvalue weighted by atomic mass is 16.1. The molecule has 1 fully saturated rings. The summed E-state index contributed by atoms with van der Waals surface area (Å²) in [5.74, 6) is 0.938. The number of para-hydroxylation sites is 1. The number of hydrogen-bond donors (Lipinski definition) is 1. The number of nitrogens with zero attached hydrogens (tertiary/aromatic N) is 7. The first-order valence-electron chi connectivity index (χ1n) is 10.0. The lowest BCUT2D eigenvalue weighted by Gasteiger charge is -2.32. The van der Waals surface area contributed by atoms with Gasteiger partial charge in [0, 0.05) is 37.1 Å². The highest BCUT2D eigenvalue weighted by Crippen LogP contribution is 2.24. The van der Waals surface area contributed by atoms with Gasteiger partial charge < -0.3 is 10.2 Å². The number of carbonyl (C=O) groups is 1. The number of nitrogens with one attached hydrogen (secondary N) is 1. The fourth-order valence-electron chi connectivity index (χ4n) is 3.84. The fraction of sp³-hybridized carbons (Fsp3) is 0.286. The Labute approximate surface area is 173 Å². The van der Waals surface area contributed by atoms with Gasteiger partial charge in [0.15, 0.2) is 5.65 Å². The summed E-state index contributed by atoms with van der Waals surface area (Å²) in [7, 11) is 0. The average molecular weight is 402 g/mol. The van der Waals surface area contributed by atoms with Gasteiger partial charge in [0.05, 0.1) is 6.54 Å². The van der Waals surface area contributed by atoms with Crippen LogP contribution in [0.5, 0.6) is 0 Å². The van der Waals surface area contributed by atoms with Gasteiger partial charge in [-0.3, -0.25) is 9.48 Å². The molecule has 1 aliphatic rings. The second kappa shape index (κ2) is 7.94. The Morgan fingerprint density at radius 3 is 2.80 bits per heavy atom. The molecule has 0 aliphatic carbocycles. The molecule has 1 aliphatic heterocycles. The maximum atomic E-state index is 12.9. The van der Waals surface area contributed by atoms with Crippen molar-refractivity contribution in [2.45, 2.75) is 19.4 Å². The monoisotopic (exact) mass is 402 g/mol. The van der Waals surface area contributed by atoms with Gasteiger partial charge in [-0.25, -0.2) is 0 Å². The van der Waals surface area contributed by atoms with Gasteiger partial charge >= 0.3 is 0 Å². The molecule has 4 aromatic rings. The van der Waals surface area contributed by atoms with Crippen molar-refractivity contribution in [3.05, 3.63) is 66.7 Å². The molecule has 0 unspecified atom stereocenters. The molecule has 9 nitrogen and oxygen atoms in total. The van der Waals surface area contributed by atoms with Crippen molar-refractivity contribution in [3.8, 4) is 0 Å². The first-order valence-corrected chi connectivity index (χ1v) is 10.0. The van der Waals surface area contributed by atoms with Gasteiger partial charge in [-0.15, -0.1) is 15.3 Å². The zero-order valence-electron chi connectivity index (χ0n) is 16.4. The summed E-state index contributed by atoms with van der Waals surface area (Å²) in [6.45, 7) is 2.19. The third-order valence-electron chi connectivity index (χ3n) is 5.50. The van der Waals surface area contributed by atoms with Crippen molar-refractivity contribution < 1.29 is 4.79 Å². The van der Waals surface area contributed by atoms with Crippen molar-refractivity contribution in [1.29, 1.82) is 0 Å². The lowest BCUT2D eigenvalue weighted by atomic mass is 9.95. The Morgan fingerprint density at radius 2 is 1.97 bits per heavy atom. The molecule has 0 atom stereocenters. The van der Waals surface area contributed by atoms with E-state index in [0.29, 0.717) is 6.54 Å². The van der Waals surface area contributed by atoms with Crippen LogP contribution in [0.1, 0.15) is 18.4 Å². The molecule has 0 bridgehead atoms. The number of rotatable bonds is 5. The van der Waals surface area contributed by atoms with Gasteiger partial charge in [0.2, 0.25) is 5.91 Å². The molecular formula is C21H22N8O. The summed E-state index contributed by atoms with van der Waals surface area (Å²) in [6.07, 6.45) is 6.84. The van der Waals surface area contributed by atoms with E-state index in [4.69, 9.17) is 0 Å². The van der Waals surface area contributed by atoms with E-state index in [2.05, 4.69) is 30.6 Å². The fourth-order valence-corrected chi connectivity index (χ4v) is 3.84. The first-order chi connectivity index (χ1) is 14.8. The zero-order valence-corrected chi connectivity index (χ0v) is 16.4. The molecule has 0 saturated carbocycles. The molecule has 3 aromatic heterocycles. The van der Waals surface area contributed by atoms with E-state index in [-0.39, 0.29) is 11.8 Å². The van der Waals surface area contributed by atoms with Crippen LogP contribution in [0.25, 0.3) is 5.65 Å². The Balaban J connectivity index is 1.22. The van der Waals surface area contributed by atoms with E-state index in [1.54, 1.807) is 17.0 Å². The second-order valence-corrected chi connectivity index (χ2v) is 7.44. The van der Waals surface area contributed by atoms with E-state index in [1.807, 2.05) is 53.3 Å². The average Bonchev–Trinajstić information content (AvgIpc) is 3.46. The molecule has 9 heteroatoms. The Bertz CT molecular complexity index is 1140. The van der Waals surface area contributed by atoms with Gasteiger partial charge in [-0.2, -0.15) is 9.61 Å². The Morgan fingerprint density at radius 1 is 1.10 bits per heavy atom. The van der Waals surface area contributed by atoms with Crippen molar-refractivity contribution in [1.82, 2.24) is 29.6 Å². The number of benzene rings is 1. The third kappa shape index (κ3) is 3.73. The van der Waals surface area contributed by atoms with Crippen LogP contribution in [0.4, 0.5) is 11.5 Å². The van der Waals surface area contributed by atoms with E-state index >= 15 is 0 Å². The molecule has 1 amide bonds. The highest BCUT2D eigenvalue weighted by Gasteiger charge is 2.26. The number of piperidine rings is 1. The number of fused-ring (bicyclic) bond motifs is 1. The molecular weight excluding hydrogens is 380 g/mol. The number of aromatic nitrogens is 6. The molecule has 1 N–H and O–H groups in total. The maximum Gasteiger partial charge on any atom is 0.227 e. The molecule has 5 rings (SSSR count). The van der Waals surface area contributed by atoms with Crippen LogP contribution in [0.3, 0.4) is 0 Å². The maximum absolute atomic E-state index is 12.9. The van der Waals surface area contributed by atoms with Crippen LogP contribution in [-0.4, -0.2) is 48.6 Å². The van der Waals surface area contributed by atoms with E-state index in [0.717, 1.165) is 48.6 Å². The minimum atomic E-state index is -0.0161. The summed E-state index contributed by atoms with van der Waals surface area (Å²) in [4.78, 5) is 15.1. The normalized spacial score (nSPS) is 14.9. The van der Waals surface area contributed by atoms with Crippen LogP contribution < -0.4 is 10.2 Å². The summed E-state index contributed by atoms with van der Waals surface area (Å²) >= 11 is 0. The molecule has 0 radical (unpaired) electrons. The van der Waals surface area contributed by atoms with E-state index in [9.17, 15) is 4.79 Å². The number of amides is 1. The highest BCUT2D eigenvalue weighted by molar-refractivity contribution is 5.93. The number of anilines is 2. The number of carbonyl (C=O) groups excluding carboxylic acids is 1. The van der Waals surface area contributed by atoms with Crippen molar-refractivity contribution in [3.63, 3.8) is 0 Å². The van der Waals surface area contributed by atoms with Crippen molar-refractivity contribution in [2.24, 2.45) is 5.92 Å². The summed E-state index contributed by atoms with van der Waals surface area (Å²) in [5, 5.41) is 19.8. The van der Waals surface area contributed by atoms with Gasteiger partial charge in [0.25, 0.3) is 0 Å². The van der Waals surface area contributed by atoms with Crippen LogP contribution >= 0.6 is 0 Å². The van der Waals surface area contributed by atoms with Gasteiger partial charge in [-0.1, -0.05) is 18.2 Å². The van der Waals surface area contributed by atoms with Crippen LogP contribution in [-0.2, 0) is 11.3 Å². The van der Waals surface area contributed by atoms with Crippen molar-refractivity contribution >= 4 is 23.1 Å².